The van der Waals surface area contributed by atoms with Crippen LogP contribution in [0.5, 0.6) is 0 Å². The molecular weight excluding hydrogens is 329 g/mol. The highest BCUT2D eigenvalue weighted by atomic mass is 19.4. The summed E-state index contributed by atoms with van der Waals surface area (Å²) in [6.07, 6.45) is 0.647. The number of hydrogen-bond donors (Lipinski definition) is 0. The fourth-order valence-corrected chi connectivity index (χ4v) is 2.52. The number of rotatable bonds is 4. The van der Waals surface area contributed by atoms with Crippen LogP contribution in [0.4, 0.5) is 13.2 Å². The monoisotopic (exact) mass is 342 g/mol. The number of nitrogens with zero attached hydrogens (tertiary/aromatic N) is 4. The van der Waals surface area contributed by atoms with Crippen molar-refractivity contribution in [3.63, 3.8) is 0 Å². The summed E-state index contributed by atoms with van der Waals surface area (Å²) in [7, 11) is 0. The molecule has 0 aliphatic heterocycles. The normalized spacial score (nSPS) is 11.3. The maximum absolute atomic E-state index is 13.0. The molecule has 2 aromatic heterocycles. The molecule has 0 N–H and O–H groups in total. The molecule has 0 amide bonds. The molecule has 2 heterocycles. The Morgan fingerprint density at radius 2 is 1.88 bits per heavy atom. The standard InChI is InChI=1S/C18H13F3N4/c19-18(20,21)15-4-2-1-3-14(15)6-8-25-11-17(24-12-25)16-9-13(10-22)5-7-23-16/h1-5,7,9,11-12H,6,8H2. The van der Waals surface area contributed by atoms with E-state index in [1.165, 1.54) is 18.3 Å². The SMILES string of the molecule is N#Cc1ccnc(-c2cn(CCc3ccccc3C(F)(F)F)cn2)c1. The van der Waals surface area contributed by atoms with Crippen LogP contribution in [0.3, 0.4) is 0 Å². The highest BCUT2D eigenvalue weighted by Gasteiger charge is 2.32. The van der Waals surface area contributed by atoms with Crippen molar-refractivity contribution in [3.05, 3.63) is 71.8 Å². The largest absolute Gasteiger partial charge is 0.416 e. The van der Waals surface area contributed by atoms with Crippen LogP contribution < -0.4 is 0 Å². The van der Waals surface area contributed by atoms with Crippen LogP contribution in [0.15, 0.2) is 55.1 Å². The number of hydrogen-bond acceptors (Lipinski definition) is 3. The topological polar surface area (TPSA) is 54.5 Å². The Hall–Kier alpha value is -3.14. The molecular formula is C18H13F3N4. The van der Waals surface area contributed by atoms with Gasteiger partial charge in [0.25, 0.3) is 0 Å². The zero-order chi connectivity index (χ0) is 17.9. The van der Waals surface area contributed by atoms with Gasteiger partial charge in [-0.05, 0) is 30.2 Å². The molecule has 4 nitrogen and oxygen atoms in total. The van der Waals surface area contributed by atoms with Gasteiger partial charge in [-0.3, -0.25) is 4.98 Å². The van der Waals surface area contributed by atoms with E-state index in [0.29, 0.717) is 23.5 Å². The smallest absolute Gasteiger partial charge is 0.336 e. The minimum Gasteiger partial charge on any atom is -0.336 e. The van der Waals surface area contributed by atoms with Crippen LogP contribution in [-0.4, -0.2) is 14.5 Å². The molecule has 0 fully saturated rings. The Kier molecular flexibility index (Phi) is 4.52. The molecule has 7 heteroatoms. The molecule has 0 spiro atoms. The van der Waals surface area contributed by atoms with Crippen molar-refractivity contribution in [1.29, 1.82) is 5.26 Å². The molecule has 126 valence electrons. The molecule has 1 aromatic carbocycles. The summed E-state index contributed by atoms with van der Waals surface area (Å²) in [6.45, 7) is 0.359. The van der Waals surface area contributed by atoms with Crippen molar-refractivity contribution < 1.29 is 13.2 Å². The predicted octanol–water partition coefficient (Wildman–Crippen LogP) is 4.08. The minimum absolute atomic E-state index is 0.233. The van der Waals surface area contributed by atoms with Gasteiger partial charge in [-0.25, -0.2) is 4.98 Å². The van der Waals surface area contributed by atoms with Crippen LogP contribution >= 0.6 is 0 Å². The molecule has 0 saturated heterocycles. The lowest BCUT2D eigenvalue weighted by atomic mass is 10.0. The van der Waals surface area contributed by atoms with Crippen LogP contribution in [0, 0.1) is 11.3 Å². The van der Waals surface area contributed by atoms with Crippen molar-refractivity contribution in [3.8, 4) is 17.5 Å². The van der Waals surface area contributed by atoms with Crippen LogP contribution in [-0.2, 0) is 19.1 Å². The highest BCUT2D eigenvalue weighted by molar-refractivity contribution is 5.55. The first kappa shape index (κ1) is 16.7. The van der Waals surface area contributed by atoms with Gasteiger partial charge in [0.15, 0.2) is 0 Å². The molecule has 0 aliphatic carbocycles. The first-order valence-corrected chi connectivity index (χ1v) is 7.51. The summed E-state index contributed by atoms with van der Waals surface area (Å²) in [5.41, 5.74) is 1.22. The van der Waals surface area contributed by atoms with Crippen LogP contribution in [0.2, 0.25) is 0 Å². The molecule has 0 radical (unpaired) electrons. The number of alkyl halides is 3. The summed E-state index contributed by atoms with van der Waals surface area (Å²) >= 11 is 0. The molecule has 0 bridgehead atoms. The first-order valence-electron chi connectivity index (χ1n) is 7.51. The van der Waals surface area contributed by atoms with E-state index in [-0.39, 0.29) is 12.0 Å². The van der Waals surface area contributed by atoms with E-state index in [0.717, 1.165) is 6.07 Å². The number of imidazole rings is 1. The lowest BCUT2D eigenvalue weighted by Crippen LogP contribution is -2.10. The second-order valence-electron chi connectivity index (χ2n) is 5.44. The van der Waals surface area contributed by atoms with Gasteiger partial charge in [-0.15, -0.1) is 0 Å². The Morgan fingerprint density at radius 3 is 2.64 bits per heavy atom. The molecule has 3 rings (SSSR count). The highest BCUT2D eigenvalue weighted by Crippen LogP contribution is 2.32. The second kappa shape index (κ2) is 6.77. The summed E-state index contributed by atoms with van der Waals surface area (Å²) in [6, 6.07) is 10.8. The van der Waals surface area contributed by atoms with Gasteiger partial charge >= 0.3 is 6.18 Å². The molecule has 0 atom stereocenters. The van der Waals surface area contributed by atoms with Gasteiger partial charge in [0.2, 0.25) is 0 Å². The fourth-order valence-electron chi connectivity index (χ4n) is 2.52. The number of aryl methyl sites for hydroxylation is 2. The second-order valence-corrected chi connectivity index (χ2v) is 5.44. The van der Waals surface area contributed by atoms with Crippen molar-refractivity contribution in [2.75, 3.05) is 0 Å². The van der Waals surface area contributed by atoms with Crippen LogP contribution in [0.1, 0.15) is 16.7 Å². The number of nitriles is 1. The quantitative estimate of drug-likeness (QED) is 0.718. The molecule has 0 aliphatic rings. The maximum atomic E-state index is 13.0. The Bertz CT molecular complexity index is 922. The third-order valence-corrected chi connectivity index (χ3v) is 3.75. The fraction of sp³-hybridized carbons (Fsp3) is 0.167. The number of aromatic nitrogens is 3. The average Bonchev–Trinajstić information content (AvgIpc) is 3.08. The molecule has 0 unspecified atom stereocenters. The Balaban J connectivity index is 1.76. The van der Waals surface area contributed by atoms with E-state index in [1.54, 1.807) is 35.3 Å². The average molecular weight is 342 g/mol. The van der Waals surface area contributed by atoms with Gasteiger partial charge in [-0.1, -0.05) is 18.2 Å². The first-order chi connectivity index (χ1) is 12.0. The van der Waals surface area contributed by atoms with Gasteiger partial charge in [0, 0.05) is 18.9 Å². The number of halogens is 3. The maximum Gasteiger partial charge on any atom is 0.416 e. The zero-order valence-corrected chi connectivity index (χ0v) is 13.0. The van der Waals surface area contributed by atoms with E-state index in [4.69, 9.17) is 5.26 Å². The van der Waals surface area contributed by atoms with E-state index in [1.807, 2.05) is 6.07 Å². The summed E-state index contributed by atoms with van der Waals surface area (Å²) in [4.78, 5) is 8.37. The molecule has 0 saturated carbocycles. The van der Waals surface area contributed by atoms with Crippen molar-refractivity contribution in [2.45, 2.75) is 19.1 Å². The zero-order valence-electron chi connectivity index (χ0n) is 13.0. The Labute approximate surface area is 142 Å². The van der Waals surface area contributed by atoms with E-state index in [2.05, 4.69) is 9.97 Å². The van der Waals surface area contributed by atoms with Crippen molar-refractivity contribution >= 4 is 0 Å². The predicted molar refractivity (Wildman–Crippen MR) is 85.3 cm³/mol. The van der Waals surface area contributed by atoms with E-state index < -0.39 is 11.7 Å². The van der Waals surface area contributed by atoms with Gasteiger partial charge in [0.1, 0.15) is 5.69 Å². The minimum atomic E-state index is -4.36. The Morgan fingerprint density at radius 1 is 1.08 bits per heavy atom. The number of pyridine rings is 1. The third kappa shape index (κ3) is 3.86. The third-order valence-electron chi connectivity index (χ3n) is 3.75. The summed E-state index contributed by atoms with van der Waals surface area (Å²) in [5.74, 6) is 0. The van der Waals surface area contributed by atoms with Crippen molar-refractivity contribution in [2.24, 2.45) is 0 Å². The lowest BCUT2D eigenvalue weighted by molar-refractivity contribution is -0.138. The molecule has 25 heavy (non-hydrogen) atoms. The van der Waals surface area contributed by atoms with Crippen LogP contribution in [0.25, 0.3) is 11.4 Å². The summed E-state index contributed by atoms with van der Waals surface area (Å²) in [5, 5.41) is 8.92. The lowest BCUT2D eigenvalue weighted by Gasteiger charge is -2.12. The van der Waals surface area contributed by atoms with Gasteiger partial charge < -0.3 is 4.57 Å². The number of benzene rings is 1. The molecule has 3 aromatic rings. The van der Waals surface area contributed by atoms with Gasteiger partial charge in [0.05, 0.1) is 29.2 Å². The van der Waals surface area contributed by atoms with Gasteiger partial charge in [-0.2, -0.15) is 18.4 Å². The van der Waals surface area contributed by atoms with E-state index in [9.17, 15) is 13.2 Å². The van der Waals surface area contributed by atoms with Crippen molar-refractivity contribution in [1.82, 2.24) is 14.5 Å². The summed E-state index contributed by atoms with van der Waals surface area (Å²) < 4.78 is 40.8. The van der Waals surface area contributed by atoms with E-state index >= 15 is 0 Å².